The molecule has 0 unspecified atom stereocenters. The number of fused-ring (bicyclic) bond motifs is 1. The third kappa shape index (κ3) is 3.80. The molecule has 4 rings (SSSR count). The molecule has 3 aromatic carbocycles. The second kappa shape index (κ2) is 8.05. The van der Waals surface area contributed by atoms with E-state index in [1.165, 1.54) is 7.11 Å². The Balaban J connectivity index is 1.69. The van der Waals surface area contributed by atoms with E-state index in [0.29, 0.717) is 38.7 Å². The van der Waals surface area contributed by atoms with E-state index >= 15 is 0 Å². The molecule has 1 heterocycles. The smallest absolute Gasteiger partial charge is 0.344 e. The van der Waals surface area contributed by atoms with E-state index in [4.69, 9.17) is 20.8 Å². The minimum atomic E-state index is -0.463. The van der Waals surface area contributed by atoms with Crippen molar-refractivity contribution in [2.45, 2.75) is 6.92 Å². The molecule has 1 N–H and O–H groups in total. The zero-order valence-corrected chi connectivity index (χ0v) is 17.1. The molecule has 0 atom stereocenters. The number of hydrogen-bond donors (Lipinski definition) is 1. The van der Waals surface area contributed by atoms with Crippen molar-refractivity contribution in [1.82, 2.24) is 0 Å². The van der Waals surface area contributed by atoms with Gasteiger partial charge >= 0.3 is 5.63 Å². The number of aryl methyl sites for hydroxylation is 1. The number of rotatable bonds is 4. The van der Waals surface area contributed by atoms with Gasteiger partial charge in [-0.05, 0) is 48.9 Å². The Labute approximate surface area is 177 Å². The van der Waals surface area contributed by atoms with E-state index < -0.39 is 5.63 Å². The van der Waals surface area contributed by atoms with Gasteiger partial charge in [0.25, 0.3) is 5.91 Å². The predicted molar refractivity (Wildman–Crippen MR) is 119 cm³/mol. The molecule has 0 aliphatic heterocycles. The van der Waals surface area contributed by atoms with Crippen LogP contribution in [0.3, 0.4) is 0 Å². The van der Waals surface area contributed by atoms with Crippen molar-refractivity contribution in [3.05, 3.63) is 93.3 Å². The minimum Gasteiger partial charge on any atom is -0.496 e. The first-order valence-corrected chi connectivity index (χ1v) is 9.63. The topological polar surface area (TPSA) is 68.5 Å². The maximum absolute atomic E-state index is 12.6. The number of methoxy groups -OCH3 is 1. The highest BCUT2D eigenvalue weighted by Crippen LogP contribution is 2.32. The van der Waals surface area contributed by atoms with Crippen LogP contribution in [0.5, 0.6) is 5.75 Å². The Kier molecular flexibility index (Phi) is 5.29. The molecule has 1 aromatic heterocycles. The average Bonchev–Trinajstić information content (AvgIpc) is 2.73. The molecular formula is C24H18ClNO4. The normalized spacial score (nSPS) is 10.8. The van der Waals surface area contributed by atoms with Crippen LogP contribution in [0.2, 0.25) is 5.02 Å². The molecule has 0 saturated carbocycles. The number of amides is 1. The molecule has 1 amide bonds. The van der Waals surface area contributed by atoms with E-state index in [2.05, 4.69) is 5.32 Å². The fourth-order valence-electron chi connectivity index (χ4n) is 3.24. The monoisotopic (exact) mass is 419 g/mol. The Morgan fingerprint density at radius 2 is 1.80 bits per heavy atom. The quantitative estimate of drug-likeness (QED) is 0.432. The van der Waals surface area contributed by atoms with Crippen molar-refractivity contribution < 1.29 is 13.9 Å². The van der Waals surface area contributed by atoms with Gasteiger partial charge in [0.05, 0.1) is 23.3 Å². The fraction of sp³-hybridized carbons (Fsp3) is 0.0833. The first-order valence-electron chi connectivity index (χ1n) is 9.25. The number of halogens is 1. The van der Waals surface area contributed by atoms with E-state index in [1.54, 1.807) is 42.5 Å². The van der Waals surface area contributed by atoms with Crippen LogP contribution in [0, 0.1) is 6.92 Å². The molecule has 0 saturated heterocycles. The zero-order valence-electron chi connectivity index (χ0n) is 16.4. The highest BCUT2D eigenvalue weighted by atomic mass is 35.5. The summed E-state index contributed by atoms with van der Waals surface area (Å²) in [6.45, 7) is 1.90. The fourth-order valence-corrected chi connectivity index (χ4v) is 3.56. The summed E-state index contributed by atoms with van der Waals surface area (Å²) in [5.41, 5.74) is 2.87. The van der Waals surface area contributed by atoms with Crippen LogP contribution in [0.1, 0.15) is 15.9 Å². The lowest BCUT2D eigenvalue weighted by Gasteiger charge is -2.12. The minimum absolute atomic E-state index is 0.333. The van der Waals surface area contributed by atoms with E-state index in [0.717, 1.165) is 10.9 Å². The molecule has 0 spiro atoms. The lowest BCUT2D eigenvalue weighted by Crippen LogP contribution is -2.13. The first-order chi connectivity index (χ1) is 14.5. The molecule has 6 heteroatoms. The van der Waals surface area contributed by atoms with Crippen molar-refractivity contribution in [3.8, 4) is 16.9 Å². The number of carbonyl (C=O) groups excluding carboxylic acids is 1. The van der Waals surface area contributed by atoms with Crippen LogP contribution in [0.25, 0.3) is 22.1 Å². The summed E-state index contributed by atoms with van der Waals surface area (Å²) in [6.07, 6.45) is 0. The maximum Gasteiger partial charge on any atom is 0.344 e. The van der Waals surface area contributed by atoms with Gasteiger partial charge in [-0.25, -0.2) is 4.79 Å². The average molecular weight is 420 g/mol. The van der Waals surface area contributed by atoms with Crippen LogP contribution in [0.15, 0.2) is 75.9 Å². The number of benzene rings is 3. The summed E-state index contributed by atoms with van der Waals surface area (Å²) in [5.74, 6) is 0.102. The van der Waals surface area contributed by atoms with E-state index in [1.807, 2.05) is 31.2 Å². The largest absolute Gasteiger partial charge is 0.496 e. The molecule has 0 bridgehead atoms. The number of ether oxygens (including phenoxy) is 1. The molecule has 0 aliphatic carbocycles. The summed E-state index contributed by atoms with van der Waals surface area (Å²) < 4.78 is 10.9. The Morgan fingerprint density at radius 3 is 2.57 bits per heavy atom. The van der Waals surface area contributed by atoms with Gasteiger partial charge in [-0.15, -0.1) is 0 Å². The number of anilines is 1. The second-order valence-electron chi connectivity index (χ2n) is 6.84. The molecule has 0 fully saturated rings. The van der Waals surface area contributed by atoms with Gasteiger partial charge in [-0.3, -0.25) is 4.79 Å². The van der Waals surface area contributed by atoms with Crippen molar-refractivity contribution in [3.63, 3.8) is 0 Å². The van der Waals surface area contributed by atoms with Gasteiger partial charge in [0.1, 0.15) is 11.3 Å². The lowest BCUT2D eigenvalue weighted by molar-refractivity contribution is 0.102. The van der Waals surface area contributed by atoms with Gasteiger partial charge < -0.3 is 14.5 Å². The Morgan fingerprint density at radius 1 is 1.00 bits per heavy atom. The zero-order chi connectivity index (χ0) is 21.3. The van der Waals surface area contributed by atoms with Gasteiger partial charge in [-0.1, -0.05) is 35.9 Å². The summed E-state index contributed by atoms with van der Waals surface area (Å²) in [5, 5.41) is 4.00. The standard InChI is InChI=1S/C24H18ClNO4/c1-14-7-9-18(20(25)11-14)23(27)26-16-8-10-17(22(13-16)29-2)19-12-15-5-3-4-6-21(15)30-24(19)28/h3-13H,1-2H3,(H,26,27). The van der Waals surface area contributed by atoms with Crippen molar-refractivity contribution >= 4 is 34.2 Å². The van der Waals surface area contributed by atoms with Gasteiger partial charge in [0.15, 0.2) is 0 Å². The van der Waals surface area contributed by atoms with E-state index in [9.17, 15) is 9.59 Å². The van der Waals surface area contributed by atoms with E-state index in [-0.39, 0.29) is 5.91 Å². The molecule has 5 nitrogen and oxygen atoms in total. The van der Waals surface area contributed by atoms with Crippen LogP contribution in [-0.2, 0) is 0 Å². The van der Waals surface area contributed by atoms with Crippen LogP contribution in [0.4, 0.5) is 5.69 Å². The highest BCUT2D eigenvalue weighted by molar-refractivity contribution is 6.34. The third-order valence-electron chi connectivity index (χ3n) is 4.76. The Hall–Kier alpha value is -3.57. The summed E-state index contributed by atoms with van der Waals surface area (Å²) in [4.78, 5) is 25.1. The Bertz CT molecular complexity index is 1330. The van der Waals surface area contributed by atoms with Crippen LogP contribution in [-0.4, -0.2) is 13.0 Å². The molecule has 150 valence electrons. The maximum atomic E-state index is 12.6. The third-order valence-corrected chi connectivity index (χ3v) is 5.07. The number of hydrogen-bond acceptors (Lipinski definition) is 4. The molecule has 4 aromatic rings. The molecule has 0 aliphatic rings. The molecule has 30 heavy (non-hydrogen) atoms. The van der Waals surface area contributed by atoms with Crippen molar-refractivity contribution in [2.24, 2.45) is 0 Å². The predicted octanol–water partition coefficient (Wildman–Crippen LogP) is 5.68. The number of para-hydroxylation sites is 1. The summed E-state index contributed by atoms with van der Waals surface area (Å²) >= 11 is 6.19. The summed E-state index contributed by atoms with van der Waals surface area (Å²) in [7, 11) is 1.50. The number of nitrogens with one attached hydrogen (secondary N) is 1. The van der Waals surface area contributed by atoms with Crippen molar-refractivity contribution in [2.75, 3.05) is 12.4 Å². The lowest BCUT2D eigenvalue weighted by atomic mass is 10.0. The number of carbonyl (C=O) groups is 1. The van der Waals surface area contributed by atoms with Gasteiger partial charge in [0, 0.05) is 22.7 Å². The second-order valence-corrected chi connectivity index (χ2v) is 7.25. The van der Waals surface area contributed by atoms with Crippen LogP contribution >= 0.6 is 11.6 Å². The van der Waals surface area contributed by atoms with Gasteiger partial charge in [0.2, 0.25) is 0 Å². The highest BCUT2D eigenvalue weighted by Gasteiger charge is 2.15. The molecular weight excluding hydrogens is 402 g/mol. The SMILES string of the molecule is COc1cc(NC(=O)c2ccc(C)cc2Cl)ccc1-c1cc2ccccc2oc1=O. The first kappa shape index (κ1) is 19.7. The van der Waals surface area contributed by atoms with Gasteiger partial charge in [-0.2, -0.15) is 0 Å². The molecule has 0 radical (unpaired) electrons. The summed E-state index contributed by atoms with van der Waals surface area (Å²) in [6, 6.07) is 19.4. The van der Waals surface area contributed by atoms with Crippen LogP contribution < -0.4 is 15.7 Å². The van der Waals surface area contributed by atoms with Crippen molar-refractivity contribution in [1.29, 1.82) is 0 Å².